The minimum absolute atomic E-state index is 0.0678. The molecule has 0 aliphatic carbocycles. The minimum atomic E-state index is -0.232. The Kier molecular flexibility index (Phi) is 6.30. The second-order valence-electron chi connectivity index (χ2n) is 6.24. The van der Waals surface area contributed by atoms with E-state index in [1.807, 2.05) is 54.5 Å². The van der Waals surface area contributed by atoms with E-state index in [9.17, 15) is 9.59 Å². The highest BCUT2D eigenvalue weighted by molar-refractivity contribution is 7.17. The van der Waals surface area contributed by atoms with E-state index < -0.39 is 0 Å². The van der Waals surface area contributed by atoms with Gasteiger partial charge in [-0.2, -0.15) is 0 Å². The molecule has 0 saturated carbocycles. The lowest BCUT2D eigenvalue weighted by Gasteiger charge is -2.23. The van der Waals surface area contributed by atoms with Crippen LogP contribution in [0.15, 0.2) is 40.5 Å². The Bertz CT molecular complexity index is 1010. The van der Waals surface area contributed by atoms with E-state index >= 15 is 0 Å². The molecule has 7 nitrogen and oxygen atoms in total. The van der Waals surface area contributed by atoms with Gasteiger partial charge < -0.3 is 15.0 Å². The van der Waals surface area contributed by atoms with Gasteiger partial charge in [-0.15, -0.1) is 11.3 Å². The van der Waals surface area contributed by atoms with Crippen molar-refractivity contribution in [2.45, 2.75) is 26.9 Å². The smallest absolute Gasteiger partial charge is 0.273 e. The van der Waals surface area contributed by atoms with Crippen molar-refractivity contribution in [2.75, 3.05) is 25.1 Å². The standard InChI is InChI=1S/C20H24N4O3S/c1-4-23(5-2)20-22-16-10-11-28-18(16)19(26)24(20)13-17(25)21-12-14-6-8-15(27-3)9-7-14/h6-11H,4-5,12-13H2,1-3H3,(H,21,25). The molecule has 28 heavy (non-hydrogen) atoms. The summed E-state index contributed by atoms with van der Waals surface area (Å²) >= 11 is 1.35. The zero-order chi connectivity index (χ0) is 20.1. The van der Waals surface area contributed by atoms with Crippen LogP contribution in [0.25, 0.3) is 10.2 Å². The summed E-state index contributed by atoms with van der Waals surface area (Å²) in [4.78, 5) is 32.1. The van der Waals surface area contributed by atoms with Crippen LogP contribution in [0.2, 0.25) is 0 Å². The summed E-state index contributed by atoms with van der Waals surface area (Å²) in [7, 11) is 1.61. The number of ether oxygens (including phenoxy) is 1. The first-order valence-electron chi connectivity index (χ1n) is 9.20. The fourth-order valence-electron chi connectivity index (χ4n) is 2.97. The van der Waals surface area contributed by atoms with Crippen molar-refractivity contribution in [2.24, 2.45) is 0 Å². The Morgan fingerprint density at radius 1 is 1.21 bits per heavy atom. The Labute approximate surface area is 167 Å². The van der Waals surface area contributed by atoms with Crippen molar-refractivity contribution in [1.82, 2.24) is 14.9 Å². The zero-order valence-corrected chi connectivity index (χ0v) is 17.1. The number of hydrogen-bond donors (Lipinski definition) is 1. The maximum atomic E-state index is 12.9. The third kappa shape index (κ3) is 4.17. The Hall–Kier alpha value is -2.87. The van der Waals surface area contributed by atoms with Crippen molar-refractivity contribution >= 4 is 33.4 Å². The van der Waals surface area contributed by atoms with E-state index in [0.717, 1.165) is 11.3 Å². The van der Waals surface area contributed by atoms with Crippen LogP contribution in [0, 0.1) is 0 Å². The van der Waals surface area contributed by atoms with Crippen LogP contribution in [-0.2, 0) is 17.9 Å². The van der Waals surface area contributed by atoms with Crippen molar-refractivity contribution in [3.8, 4) is 5.75 Å². The van der Waals surface area contributed by atoms with Crippen LogP contribution in [0.5, 0.6) is 5.75 Å². The maximum absolute atomic E-state index is 12.9. The number of benzene rings is 1. The van der Waals surface area contributed by atoms with E-state index in [2.05, 4.69) is 10.3 Å². The summed E-state index contributed by atoms with van der Waals surface area (Å²) < 4.78 is 7.17. The number of fused-ring (bicyclic) bond motifs is 1. The molecule has 0 unspecified atom stereocenters. The number of carbonyl (C=O) groups is 1. The summed E-state index contributed by atoms with van der Waals surface area (Å²) in [5.74, 6) is 1.06. The van der Waals surface area contributed by atoms with Gasteiger partial charge in [-0.25, -0.2) is 4.98 Å². The first kappa shape index (κ1) is 19.9. The van der Waals surface area contributed by atoms with E-state index in [4.69, 9.17) is 4.74 Å². The van der Waals surface area contributed by atoms with Gasteiger partial charge in [0.15, 0.2) is 0 Å². The van der Waals surface area contributed by atoms with Gasteiger partial charge in [-0.3, -0.25) is 14.2 Å². The van der Waals surface area contributed by atoms with Crippen LogP contribution in [0.3, 0.4) is 0 Å². The number of methoxy groups -OCH3 is 1. The quantitative estimate of drug-likeness (QED) is 0.629. The van der Waals surface area contributed by atoms with Gasteiger partial charge in [0.25, 0.3) is 5.56 Å². The molecule has 2 heterocycles. The second-order valence-corrected chi connectivity index (χ2v) is 7.15. The molecule has 8 heteroatoms. The first-order chi connectivity index (χ1) is 13.6. The molecule has 0 bridgehead atoms. The number of nitrogens with one attached hydrogen (secondary N) is 1. The summed E-state index contributed by atoms with van der Waals surface area (Å²) in [5, 5.41) is 4.72. The third-order valence-corrected chi connectivity index (χ3v) is 5.43. The number of nitrogens with zero attached hydrogens (tertiary/aromatic N) is 3. The average Bonchev–Trinajstić information content (AvgIpc) is 3.19. The first-order valence-corrected chi connectivity index (χ1v) is 10.1. The highest BCUT2D eigenvalue weighted by Crippen LogP contribution is 2.19. The summed E-state index contributed by atoms with van der Waals surface area (Å²) in [6.45, 7) is 5.72. The molecular weight excluding hydrogens is 376 g/mol. The fraction of sp³-hybridized carbons (Fsp3) is 0.350. The molecule has 148 valence electrons. The molecule has 1 amide bonds. The highest BCUT2D eigenvalue weighted by atomic mass is 32.1. The number of thiophene rings is 1. The van der Waals surface area contributed by atoms with Gasteiger partial charge in [0, 0.05) is 19.6 Å². The molecule has 0 aliphatic rings. The molecule has 1 N–H and O–H groups in total. The van der Waals surface area contributed by atoms with Gasteiger partial charge in [-0.05, 0) is 43.0 Å². The van der Waals surface area contributed by atoms with Crippen molar-refractivity contribution < 1.29 is 9.53 Å². The molecule has 3 aromatic rings. The van der Waals surface area contributed by atoms with Crippen LogP contribution in [0.4, 0.5) is 5.95 Å². The molecule has 0 aliphatic heterocycles. The van der Waals surface area contributed by atoms with E-state index in [1.54, 1.807) is 7.11 Å². The number of rotatable bonds is 8. The summed E-state index contributed by atoms with van der Waals surface area (Å²) in [6.07, 6.45) is 0. The van der Waals surface area contributed by atoms with Crippen molar-refractivity contribution in [1.29, 1.82) is 0 Å². The molecule has 0 radical (unpaired) electrons. The molecule has 0 fully saturated rings. The second kappa shape index (κ2) is 8.88. The van der Waals surface area contributed by atoms with E-state index in [0.29, 0.717) is 35.8 Å². The number of hydrogen-bond acceptors (Lipinski definition) is 6. The number of amides is 1. The number of aromatic nitrogens is 2. The SMILES string of the molecule is CCN(CC)c1nc2ccsc2c(=O)n1CC(=O)NCc1ccc(OC)cc1. The van der Waals surface area contributed by atoms with Crippen LogP contribution in [0.1, 0.15) is 19.4 Å². The summed E-state index contributed by atoms with van der Waals surface area (Å²) in [6, 6.07) is 9.32. The lowest BCUT2D eigenvalue weighted by molar-refractivity contribution is -0.121. The molecule has 1 aromatic carbocycles. The summed E-state index contributed by atoms with van der Waals surface area (Å²) in [5.41, 5.74) is 1.45. The van der Waals surface area contributed by atoms with E-state index in [1.165, 1.54) is 15.9 Å². The van der Waals surface area contributed by atoms with E-state index in [-0.39, 0.29) is 18.0 Å². The number of anilines is 1. The van der Waals surface area contributed by atoms with Gasteiger partial charge in [-0.1, -0.05) is 12.1 Å². The monoisotopic (exact) mass is 400 g/mol. The van der Waals surface area contributed by atoms with Gasteiger partial charge >= 0.3 is 0 Å². The Morgan fingerprint density at radius 2 is 1.93 bits per heavy atom. The van der Waals surface area contributed by atoms with Crippen LogP contribution >= 0.6 is 11.3 Å². The lowest BCUT2D eigenvalue weighted by atomic mass is 10.2. The van der Waals surface area contributed by atoms with Crippen LogP contribution in [-0.4, -0.2) is 35.7 Å². The van der Waals surface area contributed by atoms with Crippen molar-refractivity contribution in [3.63, 3.8) is 0 Å². The maximum Gasteiger partial charge on any atom is 0.273 e. The predicted molar refractivity (Wildman–Crippen MR) is 112 cm³/mol. The average molecular weight is 401 g/mol. The molecular formula is C20H24N4O3S. The van der Waals surface area contributed by atoms with Gasteiger partial charge in [0.2, 0.25) is 11.9 Å². The molecule has 3 rings (SSSR count). The van der Waals surface area contributed by atoms with Crippen LogP contribution < -0.4 is 20.5 Å². The Morgan fingerprint density at radius 3 is 2.57 bits per heavy atom. The fourth-order valence-corrected chi connectivity index (χ4v) is 3.74. The highest BCUT2D eigenvalue weighted by Gasteiger charge is 2.18. The predicted octanol–water partition coefficient (Wildman–Crippen LogP) is 2.63. The minimum Gasteiger partial charge on any atom is -0.497 e. The lowest BCUT2D eigenvalue weighted by Crippen LogP contribution is -2.37. The molecule has 0 atom stereocenters. The molecule has 0 saturated heterocycles. The zero-order valence-electron chi connectivity index (χ0n) is 16.3. The topological polar surface area (TPSA) is 76.5 Å². The number of carbonyl (C=O) groups excluding carboxylic acids is 1. The van der Waals surface area contributed by atoms with Crippen molar-refractivity contribution in [3.05, 3.63) is 51.6 Å². The normalized spacial score (nSPS) is 10.8. The van der Waals surface area contributed by atoms with Gasteiger partial charge in [0.05, 0.1) is 12.6 Å². The Balaban J connectivity index is 1.81. The largest absolute Gasteiger partial charge is 0.497 e. The molecule has 2 aromatic heterocycles. The van der Waals surface area contributed by atoms with Gasteiger partial charge in [0.1, 0.15) is 17.0 Å². The third-order valence-electron chi connectivity index (χ3n) is 4.54. The molecule has 0 spiro atoms.